The average Bonchev–Trinajstić information content (AvgIpc) is 3.44. The van der Waals surface area contributed by atoms with Gasteiger partial charge in [-0.2, -0.15) is 0 Å². The number of rotatable bonds is 38. The minimum Gasteiger partial charge on any atom is -0.462 e. The SMILES string of the molecule is CCCCCCCCCCCCCCCCCCCC(=O)OC[C@H](COP(=O)(O)OCC[N+](C)(C)C)OC(=O)C/C=C\C[C@H]1[C@@H](/C=C/[C@H](O)CCCCC)[C@H](O)C[C@@H]1O. The van der Waals surface area contributed by atoms with Crippen molar-refractivity contribution in [1.82, 2.24) is 0 Å². The first kappa shape index (κ1) is 55.4. The van der Waals surface area contributed by atoms with Gasteiger partial charge in [0.05, 0.1) is 52.5 Å². The van der Waals surface area contributed by atoms with Crippen molar-refractivity contribution in [2.45, 2.75) is 199 Å². The number of allylic oxidation sites excluding steroid dienone is 1. The number of phosphoric acid groups is 1. The van der Waals surface area contributed by atoms with Crippen LogP contribution in [-0.4, -0.2) is 109 Å². The van der Waals surface area contributed by atoms with Crippen molar-refractivity contribution in [3.05, 3.63) is 24.3 Å². The summed E-state index contributed by atoms with van der Waals surface area (Å²) in [5, 5.41) is 31.5. The summed E-state index contributed by atoms with van der Waals surface area (Å²) in [6.07, 6.45) is 29.2. The molecule has 0 heterocycles. The molecular weight excluding hydrogens is 773 g/mol. The van der Waals surface area contributed by atoms with E-state index < -0.39 is 50.8 Å². The summed E-state index contributed by atoms with van der Waals surface area (Å²) >= 11 is 0. The van der Waals surface area contributed by atoms with Crippen molar-refractivity contribution < 1.29 is 57.4 Å². The monoisotopic (exact) mass is 861 g/mol. The van der Waals surface area contributed by atoms with Gasteiger partial charge in [-0.3, -0.25) is 18.6 Å². The van der Waals surface area contributed by atoms with Gasteiger partial charge in [0, 0.05) is 18.8 Å². The number of likely N-dealkylation sites (N-methyl/N-ethyl adjacent to an activating group) is 1. The highest BCUT2D eigenvalue weighted by Crippen LogP contribution is 2.43. The third-order valence-corrected chi connectivity index (χ3v) is 12.1. The molecule has 1 saturated carbocycles. The van der Waals surface area contributed by atoms with Crippen LogP contribution in [0.15, 0.2) is 24.3 Å². The van der Waals surface area contributed by atoms with Crippen molar-refractivity contribution in [2.75, 3.05) is 47.5 Å². The fourth-order valence-electron chi connectivity index (χ4n) is 7.34. The van der Waals surface area contributed by atoms with Crippen LogP contribution in [0.25, 0.3) is 0 Å². The number of carbonyl (C=O) groups is 2. The van der Waals surface area contributed by atoms with Gasteiger partial charge in [0.25, 0.3) is 0 Å². The molecule has 0 spiro atoms. The van der Waals surface area contributed by atoms with Gasteiger partial charge >= 0.3 is 19.8 Å². The first-order valence-corrected chi connectivity index (χ1v) is 24.8. The fourth-order valence-corrected chi connectivity index (χ4v) is 8.08. The van der Waals surface area contributed by atoms with Crippen molar-refractivity contribution >= 4 is 19.8 Å². The van der Waals surface area contributed by atoms with Gasteiger partial charge in [-0.25, -0.2) is 4.57 Å². The number of nitrogens with zero attached hydrogens (tertiary/aromatic N) is 1. The van der Waals surface area contributed by atoms with Gasteiger partial charge in [-0.05, 0) is 25.2 Å². The van der Waals surface area contributed by atoms with Gasteiger partial charge in [0.1, 0.15) is 19.8 Å². The molecule has 0 aliphatic heterocycles. The molecule has 0 aromatic rings. The molecule has 1 rings (SSSR count). The molecule has 13 heteroatoms. The largest absolute Gasteiger partial charge is 0.472 e. The molecule has 7 atom stereocenters. The summed E-state index contributed by atoms with van der Waals surface area (Å²) in [6, 6.07) is 0. The Kier molecular flexibility index (Phi) is 31.9. The van der Waals surface area contributed by atoms with E-state index in [4.69, 9.17) is 18.5 Å². The van der Waals surface area contributed by atoms with E-state index in [0.717, 1.165) is 38.5 Å². The van der Waals surface area contributed by atoms with Gasteiger partial charge in [-0.15, -0.1) is 0 Å². The van der Waals surface area contributed by atoms with Crippen LogP contribution in [0, 0.1) is 11.8 Å². The number of ether oxygens (including phenoxy) is 2. The summed E-state index contributed by atoms with van der Waals surface area (Å²) in [4.78, 5) is 35.7. The van der Waals surface area contributed by atoms with E-state index >= 15 is 0 Å². The molecule has 1 aliphatic rings. The van der Waals surface area contributed by atoms with E-state index in [0.29, 0.717) is 30.3 Å². The zero-order valence-corrected chi connectivity index (χ0v) is 38.7. The first-order valence-electron chi connectivity index (χ1n) is 23.3. The van der Waals surface area contributed by atoms with Crippen LogP contribution in [0.2, 0.25) is 0 Å². The molecule has 0 aromatic heterocycles. The highest BCUT2D eigenvalue weighted by Gasteiger charge is 2.39. The maximum atomic E-state index is 12.9. The molecule has 0 bridgehead atoms. The fraction of sp³-hybridized carbons (Fsp3) is 0.870. The molecule has 1 aliphatic carbocycles. The summed E-state index contributed by atoms with van der Waals surface area (Å²) in [5.74, 6) is -1.71. The highest BCUT2D eigenvalue weighted by molar-refractivity contribution is 7.47. The molecule has 59 heavy (non-hydrogen) atoms. The molecular formula is C46H87NO11P+. The predicted octanol–water partition coefficient (Wildman–Crippen LogP) is 9.51. The molecule has 0 saturated heterocycles. The Morgan fingerprint density at radius 3 is 1.83 bits per heavy atom. The number of hydrogen-bond donors (Lipinski definition) is 4. The summed E-state index contributed by atoms with van der Waals surface area (Å²) < 4.78 is 34.2. The summed E-state index contributed by atoms with van der Waals surface area (Å²) in [6.45, 7) is 3.95. The van der Waals surface area contributed by atoms with E-state index in [1.165, 1.54) is 83.5 Å². The summed E-state index contributed by atoms with van der Waals surface area (Å²) in [5.41, 5.74) is 0. The number of hydrogen-bond acceptors (Lipinski definition) is 10. The van der Waals surface area contributed by atoms with Crippen LogP contribution in [0.3, 0.4) is 0 Å². The molecule has 0 amide bonds. The number of quaternary nitrogens is 1. The smallest absolute Gasteiger partial charge is 0.462 e. The number of carbonyl (C=O) groups excluding carboxylic acids is 2. The predicted molar refractivity (Wildman–Crippen MR) is 236 cm³/mol. The lowest BCUT2D eigenvalue weighted by Gasteiger charge is -2.24. The van der Waals surface area contributed by atoms with Gasteiger partial charge in [0.15, 0.2) is 6.10 Å². The van der Waals surface area contributed by atoms with Gasteiger partial charge in [0.2, 0.25) is 0 Å². The second-order valence-corrected chi connectivity index (χ2v) is 19.2. The first-order chi connectivity index (χ1) is 28.2. The van der Waals surface area contributed by atoms with E-state index in [2.05, 4.69) is 13.8 Å². The number of aliphatic hydroxyl groups is 3. The van der Waals surface area contributed by atoms with Crippen LogP contribution in [0.5, 0.6) is 0 Å². The Labute approximate surface area is 358 Å². The maximum Gasteiger partial charge on any atom is 0.472 e. The number of unbranched alkanes of at least 4 members (excludes halogenated alkanes) is 18. The second-order valence-electron chi connectivity index (χ2n) is 17.8. The minimum absolute atomic E-state index is 0.0240. The van der Waals surface area contributed by atoms with Crippen LogP contribution in [-0.2, 0) is 32.7 Å². The van der Waals surface area contributed by atoms with Gasteiger partial charge < -0.3 is 34.2 Å². The minimum atomic E-state index is -4.47. The van der Waals surface area contributed by atoms with Crippen LogP contribution >= 0.6 is 7.82 Å². The standard InChI is InChI=1S/C46H86NO11P/c1-6-8-10-11-12-13-14-15-16-17-18-19-20-21-22-23-25-30-45(51)55-37-40(38-57-59(53,54)56-35-34-47(3,4)5)58-46(52)31-27-26-29-41-42(44(50)36-43(41)49)33-32-39(48)28-24-9-7-2/h26-27,32-33,39-44,48-50H,6-25,28-31,34-38H2,1-5H3/p+1/b27-26-,33-32+/t39-,40-,41+,42-,43+,44-/m1/s1. The zero-order chi connectivity index (χ0) is 43.8. The Balaban J connectivity index is 2.50. The topological polar surface area (TPSA) is 169 Å². The third kappa shape index (κ3) is 31.0. The van der Waals surface area contributed by atoms with Crippen molar-refractivity contribution in [2.24, 2.45) is 11.8 Å². The van der Waals surface area contributed by atoms with Crippen LogP contribution < -0.4 is 0 Å². The number of phosphoric ester groups is 1. The molecule has 346 valence electrons. The quantitative estimate of drug-likeness (QED) is 0.0153. The van der Waals surface area contributed by atoms with Gasteiger partial charge in [-0.1, -0.05) is 160 Å². The van der Waals surface area contributed by atoms with Crippen LogP contribution in [0.1, 0.15) is 174 Å². The summed E-state index contributed by atoms with van der Waals surface area (Å²) in [7, 11) is 1.29. The number of esters is 2. The maximum absolute atomic E-state index is 12.9. The highest BCUT2D eigenvalue weighted by atomic mass is 31.2. The van der Waals surface area contributed by atoms with E-state index in [-0.39, 0.29) is 44.3 Å². The molecule has 4 N–H and O–H groups in total. The normalized spacial score (nSPS) is 20.6. The molecule has 0 radical (unpaired) electrons. The zero-order valence-electron chi connectivity index (χ0n) is 37.8. The lowest BCUT2D eigenvalue weighted by atomic mass is 9.89. The lowest BCUT2D eigenvalue weighted by molar-refractivity contribution is -0.870. The Hall–Kier alpha value is -1.63. The third-order valence-electron chi connectivity index (χ3n) is 11.1. The second kappa shape index (κ2) is 33.9. The lowest BCUT2D eigenvalue weighted by Crippen LogP contribution is -2.37. The Morgan fingerprint density at radius 1 is 0.729 bits per heavy atom. The van der Waals surface area contributed by atoms with E-state index in [1.54, 1.807) is 24.3 Å². The van der Waals surface area contributed by atoms with Crippen molar-refractivity contribution in [3.8, 4) is 0 Å². The Morgan fingerprint density at radius 2 is 1.27 bits per heavy atom. The van der Waals surface area contributed by atoms with Crippen LogP contribution in [0.4, 0.5) is 0 Å². The van der Waals surface area contributed by atoms with E-state index in [1.807, 2.05) is 21.1 Å². The Bertz CT molecular complexity index is 1180. The van der Waals surface area contributed by atoms with Crippen molar-refractivity contribution in [1.29, 1.82) is 0 Å². The molecule has 1 unspecified atom stereocenters. The molecule has 0 aromatic carbocycles. The average molecular weight is 861 g/mol. The molecule has 12 nitrogen and oxygen atoms in total. The number of aliphatic hydroxyl groups excluding tert-OH is 3. The molecule has 1 fully saturated rings. The van der Waals surface area contributed by atoms with E-state index in [9.17, 15) is 34.4 Å². The van der Waals surface area contributed by atoms with Crippen molar-refractivity contribution in [3.63, 3.8) is 0 Å².